The largest absolute Gasteiger partial charge is 0.488 e. The molecule has 0 saturated heterocycles. The van der Waals surface area contributed by atoms with Gasteiger partial charge in [0.2, 0.25) is 11.8 Å². The molecule has 11 atom stereocenters. The lowest BCUT2D eigenvalue weighted by Gasteiger charge is -2.47. The lowest BCUT2D eigenvalue weighted by atomic mass is 9.78. The summed E-state index contributed by atoms with van der Waals surface area (Å²) in [6, 6.07) is 13.2. The van der Waals surface area contributed by atoms with Crippen molar-refractivity contribution in [3.8, 4) is 5.75 Å². The second-order valence-electron chi connectivity index (χ2n) is 22.6. The van der Waals surface area contributed by atoms with E-state index in [9.17, 15) is 30.0 Å². The van der Waals surface area contributed by atoms with Crippen molar-refractivity contribution in [2.75, 3.05) is 21.1 Å². The second-order valence-corrected chi connectivity index (χ2v) is 22.6. The molecule has 0 fully saturated rings. The molecule has 0 spiro atoms. The van der Waals surface area contributed by atoms with Crippen molar-refractivity contribution >= 4 is 23.4 Å². The molecule has 13 heteroatoms. The van der Waals surface area contributed by atoms with E-state index in [0.717, 1.165) is 11.1 Å². The van der Waals surface area contributed by atoms with E-state index in [1.807, 2.05) is 117 Å². The topological polar surface area (TPSA) is 194 Å². The number of hydrogen-bond acceptors (Lipinski definition) is 11. The van der Waals surface area contributed by atoms with Crippen LogP contribution in [0.2, 0.25) is 0 Å². The Morgan fingerprint density at radius 3 is 1.59 bits per heavy atom. The van der Waals surface area contributed by atoms with Gasteiger partial charge in [-0.25, -0.2) is 0 Å². The van der Waals surface area contributed by atoms with Crippen LogP contribution in [0, 0.1) is 23.7 Å². The fourth-order valence-corrected chi connectivity index (χ4v) is 9.35. The number of carbonyl (C=O) groups is 4. The van der Waals surface area contributed by atoms with Crippen molar-refractivity contribution in [1.29, 1.82) is 0 Å². The summed E-state index contributed by atoms with van der Waals surface area (Å²) in [5.41, 5.74) is 6.39. The van der Waals surface area contributed by atoms with Crippen LogP contribution in [0.5, 0.6) is 5.75 Å². The molecule has 2 rings (SSSR count). The Morgan fingerprint density at radius 1 is 0.594 bits per heavy atom. The monoisotopic (exact) mass is 967 g/mol. The molecule has 0 bridgehead atoms. The van der Waals surface area contributed by atoms with Crippen molar-refractivity contribution in [1.82, 2.24) is 14.7 Å². The molecule has 2 amide bonds. The van der Waals surface area contributed by atoms with Crippen LogP contribution >= 0.6 is 0 Å². The molecule has 13 nitrogen and oxygen atoms in total. The molecule has 392 valence electrons. The van der Waals surface area contributed by atoms with Gasteiger partial charge >= 0.3 is 0 Å². The molecule has 6 N–H and O–H groups in total. The van der Waals surface area contributed by atoms with Gasteiger partial charge in [0.25, 0.3) is 0 Å². The summed E-state index contributed by atoms with van der Waals surface area (Å²) in [5.74, 6) is -1.10. The summed E-state index contributed by atoms with van der Waals surface area (Å²) in [4.78, 5) is 64.0. The summed E-state index contributed by atoms with van der Waals surface area (Å²) >= 11 is 0. The van der Waals surface area contributed by atoms with Crippen LogP contribution in [0.3, 0.4) is 0 Å². The van der Waals surface area contributed by atoms with Gasteiger partial charge in [0.1, 0.15) is 22.9 Å². The Balaban J connectivity index is 2.65. The Morgan fingerprint density at radius 2 is 1.09 bits per heavy atom. The fraction of sp³-hybridized carbons (Fsp3) is 0.714. The van der Waals surface area contributed by atoms with Crippen LogP contribution in [-0.2, 0) is 32.0 Å². The van der Waals surface area contributed by atoms with Crippen molar-refractivity contribution < 1.29 is 44.3 Å². The summed E-state index contributed by atoms with van der Waals surface area (Å²) in [6.45, 7) is 22.7. The number of carbonyl (C=O) groups excluding carboxylic acids is 4. The predicted octanol–water partition coefficient (Wildman–Crippen LogP) is 7.41. The maximum Gasteiger partial charge on any atom is 0.245 e. The van der Waals surface area contributed by atoms with Gasteiger partial charge in [-0.3, -0.25) is 24.1 Å². The minimum absolute atomic E-state index is 0.0528. The first-order valence-corrected chi connectivity index (χ1v) is 25.6. The minimum atomic E-state index is -1.66. The van der Waals surface area contributed by atoms with Crippen molar-refractivity contribution in [2.45, 2.75) is 213 Å². The number of ether oxygens (including phenoxy) is 1. The number of aliphatic hydroxyl groups excluding tert-OH is 4. The minimum Gasteiger partial charge on any atom is -0.488 e. The van der Waals surface area contributed by atoms with Crippen LogP contribution in [0.4, 0.5) is 0 Å². The molecule has 69 heavy (non-hydrogen) atoms. The lowest BCUT2D eigenvalue weighted by molar-refractivity contribution is -0.156. The molecule has 0 saturated carbocycles. The normalized spacial score (nSPS) is 17.5. The van der Waals surface area contributed by atoms with Crippen LogP contribution in [0.15, 0.2) is 54.6 Å². The van der Waals surface area contributed by atoms with Crippen LogP contribution in [0.25, 0.3) is 0 Å². The number of amides is 2. The van der Waals surface area contributed by atoms with Gasteiger partial charge in [-0.2, -0.15) is 0 Å². The van der Waals surface area contributed by atoms with Crippen molar-refractivity contribution in [3.05, 3.63) is 65.7 Å². The van der Waals surface area contributed by atoms with E-state index in [0.29, 0.717) is 44.3 Å². The zero-order valence-corrected chi connectivity index (χ0v) is 45.2. The third-order valence-corrected chi connectivity index (χ3v) is 13.6. The smallest absolute Gasteiger partial charge is 0.245 e. The van der Waals surface area contributed by atoms with Gasteiger partial charge in [-0.1, -0.05) is 84.0 Å². The van der Waals surface area contributed by atoms with Crippen LogP contribution in [0.1, 0.15) is 152 Å². The quantitative estimate of drug-likeness (QED) is 0.0506. The first-order valence-electron chi connectivity index (χ1n) is 25.6. The lowest BCUT2D eigenvalue weighted by Crippen LogP contribution is -2.68. The SMILES string of the molecule is CC(C)C[C@H](N)C(=O)C(C)(C(O)Cc1ccc(OC(C)(C)C)cc1)N(C)[C@@H](CC(C)C)C(=O)N(C)[C@@H](CC(C)CCC(C)O)C(=O)N(C)[C@@H](CC(C)CCC(O)Cc1ccccc1)C(=O)CC(C)O. The van der Waals surface area contributed by atoms with Crippen LogP contribution < -0.4 is 10.5 Å². The zero-order chi connectivity index (χ0) is 52.6. The first-order chi connectivity index (χ1) is 32.0. The zero-order valence-electron chi connectivity index (χ0n) is 45.2. The number of hydrogen-bond donors (Lipinski definition) is 5. The van der Waals surface area contributed by atoms with Crippen molar-refractivity contribution in [2.24, 2.45) is 29.4 Å². The number of aliphatic hydroxyl groups is 4. The summed E-state index contributed by atoms with van der Waals surface area (Å²) in [7, 11) is 4.85. The Bertz CT molecular complexity index is 1850. The Kier molecular flexibility index (Phi) is 25.2. The van der Waals surface area contributed by atoms with E-state index < -0.39 is 77.3 Å². The molecule has 0 aliphatic rings. The number of nitrogens with two attached hydrogens (primary N) is 1. The molecular weight excluding hydrogens is 873 g/mol. The van der Waals surface area contributed by atoms with E-state index >= 15 is 9.59 Å². The number of ketones is 2. The third-order valence-electron chi connectivity index (χ3n) is 13.6. The maximum atomic E-state index is 15.4. The number of Topliss-reactive ketones (excluding diaryl/α,β-unsaturated/α-hetero) is 2. The molecule has 0 aromatic heterocycles. The first kappa shape index (κ1) is 61.4. The Labute approximate surface area is 416 Å². The van der Waals surface area contributed by atoms with Crippen molar-refractivity contribution in [3.63, 3.8) is 0 Å². The number of likely N-dealkylation sites (N-methyl/N-ethyl adjacent to an activating group) is 3. The molecule has 2 aromatic carbocycles. The third kappa shape index (κ3) is 20.1. The average Bonchev–Trinajstić information content (AvgIpc) is 3.25. The highest BCUT2D eigenvalue weighted by Gasteiger charge is 2.50. The summed E-state index contributed by atoms with van der Waals surface area (Å²) in [6.07, 6.45) is 0.311. The van der Waals surface area contributed by atoms with E-state index in [4.69, 9.17) is 10.5 Å². The predicted molar refractivity (Wildman–Crippen MR) is 277 cm³/mol. The number of rotatable bonds is 31. The number of benzene rings is 2. The van der Waals surface area contributed by atoms with E-state index in [-0.39, 0.29) is 61.6 Å². The Hall–Kier alpha value is -3.72. The summed E-state index contributed by atoms with van der Waals surface area (Å²) < 4.78 is 6.02. The summed E-state index contributed by atoms with van der Waals surface area (Å²) in [5, 5.41) is 43.9. The average molecular weight is 967 g/mol. The van der Waals surface area contributed by atoms with Gasteiger partial charge in [0.05, 0.1) is 42.5 Å². The van der Waals surface area contributed by atoms with E-state index in [1.165, 1.54) is 16.7 Å². The molecule has 2 aromatic rings. The molecule has 0 heterocycles. The van der Waals surface area contributed by atoms with Crippen LogP contribution in [-0.4, -0.2) is 139 Å². The van der Waals surface area contributed by atoms with Gasteiger partial charge in [0, 0.05) is 26.9 Å². The molecular formula is C56H94N4O9. The number of nitrogens with zero attached hydrogens (tertiary/aromatic N) is 3. The molecule has 0 radical (unpaired) electrons. The van der Waals surface area contributed by atoms with E-state index in [1.54, 1.807) is 39.9 Å². The second kappa shape index (κ2) is 28.4. The molecule has 0 aliphatic heterocycles. The fourth-order valence-electron chi connectivity index (χ4n) is 9.35. The maximum absolute atomic E-state index is 15.4. The van der Waals surface area contributed by atoms with Gasteiger partial charge in [0.15, 0.2) is 11.6 Å². The molecule has 0 aliphatic carbocycles. The highest BCUT2D eigenvalue weighted by atomic mass is 16.5. The highest BCUT2D eigenvalue weighted by molar-refractivity contribution is 5.96. The van der Waals surface area contributed by atoms with Gasteiger partial charge in [-0.15, -0.1) is 0 Å². The highest BCUT2D eigenvalue weighted by Crippen LogP contribution is 2.32. The standard InChI is InChI=1S/C56H94N4O9/c1-36(2)29-46(57)52(66)56(12,51(65)35-43-24-27-45(28-25-43)69-55(9,10)11)60(15)49(30-37(3)4)54(68)59(14)48(32-38(5)21-23-40(7)61)53(67)58(13)47(50(64)33-41(8)62)31-39(6)22-26-44(63)34-42-19-17-16-18-20-42/h16-20,24-25,27-28,36-41,44,46-49,51,61-63,65H,21-23,26,29-35,57H2,1-15H3/t38?,39?,40?,41?,44?,46-,47-,48-,49-,51?,56?/m0/s1. The van der Waals surface area contributed by atoms with Gasteiger partial charge < -0.3 is 40.7 Å². The molecule has 7 unspecified atom stereocenters. The van der Waals surface area contributed by atoms with E-state index in [2.05, 4.69) is 0 Å². The van der Waals surface area contributed by atoms with Gasteiger partial charge in [-0.05, 0) is 153 Å².